The number of hydrogen-bond acceptors (Lipinski definition) is 5. The van der Waals surface area contributed by atoms with Crippen molar-refractivity contribution in [3.8, 4) is 0 Å². The van der Waals surface area contributed by atoms with Crippen LogP contribution in [-0.2, 0) is 9.59 Å². The third kappa shape index (κ3) is 3.05. The minimum Gasteiger partial charge on any atom is -0.295 e. The van der Waals surface area contributed by atoms with Crippen LogP contribution >= 0.6 is 11.6 Å². The fraction of sp³-hybridized carbons (Fsp3) is 0.333. The Morgan fingerprint density at radius 2 is 1.52 bits per heavy atom. The number of benzene rings is 2. The predicted molar refractivity (Wildman–Crippen MR) is 115 cm³/mol. The molecule has 0 saturated carbocycles. The average molecular weight is 437 g/mol. The summed E-state index contributed by atoms with van der Waals surface area (Å²) in [6.07, 6.45) is 1.69. The Balaban J connectivity index is 1.52. The summed E-state index contributed by atoms with van der Waals surface area (Å²) in [5, 5.41) is 0.534. The van der Waals surface area contributed by atoms with Crippen molar-refractivity contribution in [1.29, 1.82) is 0 Å². The summed E-state index contributed by atoms with van der Waals surface area (Å²) in [5.74, 6) is -2.05. The number of anilines is 1. The first-order valence-corrected chi connectivity index (χ1v) is 10.8. The molecule has 0 bridgehead atoms. The number of ketones is 2. The van der Waals surface area contributed by atoms with Crippen molar-refractivity contribution in [2.75, 3.05) is 11.4 Å². The van der Waals surface area contributed by atoms with Crippen LogP contribution < -0.4 is 4.90 Å². The van der Waals surface area contributed by atoms with Gasteiger partial charge in [0.1, 0.15) is 0 Å². The monoisotopic (exact) mass is 436 g/mol. The van der Waals surface area contributed by atoms with Crippen LogP contribution in [0.4, 0.5) is 5.69 Å². The molecule has 0 N–H and O–H groups in total. The van der Waals surface area contributed by atoms with E-state index in [4.69, 9.17) is 11.6 Å². The Bertz CT molecular complexity index is 1100. The lowest BCUT2D eigenvalue weighted by Crippen LogP contribution is -2.46. The average Bonchev–Trinajstić information content (AvgIpc) is 3.40. The zero-order valence-corrected chi connectivity index (χ0v) is 17.7. The van der Waals surface area contributed by atoms with E-state index in [0.717, 1.165) is 12.8 Å². The first-order chi connectivity index (χ1) is 14.9. The largest absolute Gasteiger partial charge is 0.295 e. The molecule has 3 aliphatic rings. The van der Waals surface area contributed by atoms with Gasteiger partial charge in [0.15, 0.2) is 11.6 Å². The number of Topliss-reactive ketones (excluding diaryl/α,β-unsaturated/α-hetero) is 2. The lowest BCUT2D eigenvalue weighted by molar-refractivity contribution is -0.123. The highest BCUT2D eigenvalue weighted by Gasteiger charge is 2.64. The van der Waals surface area contributed by atoms with Gasteiger partial charge in [-0.05, 0) is 74.8 Å². The second kappa shape index (κ2) is 7.39. The van der Waals surface area contributed by atoms with Crippen LogP contribution in [0.1, 0.15) is 40.5 Å². The Morgan fingerprint density at radius 1 is 0.903 bits per heavy atom. The molecule has 7 heteroatoms. The number of carbonyl (C=O) groups excluding carboxylic acids is 4. The summed E-state index contributed by atoms with van der Waals surface area (Å²) in [6, 6.07) is 12.4. The van der Waals surface area contributed by atoms with E-state index < -0.39 is 17.9 Å². The van der Waals surface area contributed by atoms with E-state index in [1.54, 1.807) is 48.5 Å². The summed E-state index contributed by atoms with van der Waals surface area (Å²) >= 11 is 5.97. The van der Waals surface area contributed by atoms with Gasteiger partial charge in [-0.1, -0.05) is 11.6 Å². The van der Waals surface area contributed by atoms with Gasteiger partial charge in [-0.2, -0.15) is 0 Å². The van der Waals surface area contributed by atoms with Crippen LogP contribution in [0.5, 0.6) is 0 Å². The van der Waals surface area contributed by atoms with E-state index in [0.29, 0.717) is 28.4 Å². The molecular weight excluding hydrogens is 416 g/mol. The van der Waals surface area contributed by atoms with Crippen molar-refractivity contribution in [2.45, 2.75) is 31.8 Å². The highest BCUT2D eigenvalue weighted by Crippen LogP contribution is 2.48. The normalized spacial score (nSPS) is 27.5. The van der Waals surface area contributed by atoms with Crippen molar-refractivity contribution in [1.82, 2.24) is 4.90 Å². The summed E-state index contributed by atoms with van der Waals surface area (Å²) < 4.78 is 0. The van der Waals surface area contributed by atoms with Gasteiger partial charge in [-0.25, -0.2) is 4.90 Å². The maximum Gasteiger partial charge on any atom is 0.239 e. The van der Waals surface area contributed by atoms with Crippen LogP contribution in [0.25, 0.3) is 0 Å². The smallest absolute Gasteiger partial charge is 0.239 e. The topological polar surface area (TPSA) is 74.8 Å². The minimum atomic E-state index is -0.700. The Hall–Kier alpha value is -2.83. The van der Waals surface area contributed by atoms with Crippen LogP contribution in [0.3, 0.4) is 0 Å². The molecule has 0 radical (unpaired) electrons. The number of carbonyl (C=O) groups is 4. The number of rotatable bonds is 4. The lowest BCUT2D eigenvalue weighted by Gasteiger charge is -2.27. The van der Waals surface area contributed by atoms with Crippen molar-refractivity contribution >= 4 is 40.7 Å². The molecule has 6 nitrogen and oxygen atoms in total. The zero-order chi connectivity index (χ0) is 21.9. The van der Waals surface area contributed by atoms with Gasteiger partial charge in [0.25, 0.3) is 0 Å². The van der Waals surface area contributed by atoms with Gasteiger partial charge in [-0.15, -0.1) is 0 Å². The molecule has 4 atom stereocenters. The molecule has 3 heterocycles. The van der Waals surface area contributed by atoms with Gasteiger partial charge in [0, 0.05) is 22.2 Å². The molecule has 31 heavy (non-hydrogen) atoms. The van der Waals surface area contributed by atoms with Crippen LogP contribution in [0, 0.1) is 11.8 Å². The molecule has 3 aliphatic heterocycles. The third-order valence-electron chi connectivity index (χ3n) is 6.78. The van der Waals surface area contributed by atoms with Crippen molar-refractivity contribution in [2.24, 2.45) is 11.8 Å². The summed E-state index contributed by atoms with van der Waals surface area (Å²) in [6.45, 7) is 2.17. The zero-order valence-electron chi connectivity index (χ0n) is 17.0. The van der Waals surface area contributed by atoms with Gasteiger partial charge < -0.3 is 0 Å². The summed E-state index contributed by atoms with van der Waals surface area (Å²) in [7, 11) is 0. The van der Waals surface area contributed by atoms with Crippen LogP contribution in [0.15, 0.2) is 48.5 Å². The molecule has 0 aromatic heterocycles. The lowest BCUT2D eigenvalue weighted by atomic mass is 9.85. The van der Waals surface area contributed by atoms with E-state index in [1.807, 2.05) is 0 Å². The molecule has 2 aromatic carbocycles. The van der Waals surface area contributed by atoms with E-state index in [1.165, 1.54) is 11.8 Å². The molecule has 2 aromatic rings. The molecule has 0 aliphatic carbocycles. The molecular formula is C24H21ClN2O4. The molecule has 5 rings (SSSR count). The fourth-order valence-electron chi connectivity index (χ4n) is 5.40. The van der Waals surface area contributed by atoms with Gasteiger partial charge in [0.2, 0.25) is 11.8 Å². The number of imide groups is 1. The number of nitrogens with zero attached hydrogens (tertiary/aromatic N) is 2. The summed E-state index contributed by atoms with van der Waals surface area (Å²) in [4.78, 5) is 55.2. The van der Waals surface area contributed by atoms with Crippen molar-refractivity contribution in [3.05, 3.63) is 64.7 Å². The van der Waals surface area contributed by atoms with E-state index >= 15 is 0 Å². The van der Waals surface area contributed by atoms with Crippen molar-refractivity contribution in [3.63, 3.8) is 0 Å². The van der Waals surface area contributed by atoms with E-state index in [9.17, 15) is 19.2 Å². The highest BCUT2D eigenvalue weighted by molar-refractivity contribution is 6.30. The fourth-order valence-corrected chi connectivity index (χ4v) is 5.53. The van der Waals surface area contributed by atoms with Crippen molar-refractivity contribution < 1.29 is 19.2 Å². The predicted octanol–water partition coefficient (Wildman–Crippen LogP) is 3.38. The minimum absolute atomic E-state index is 0.0854. The quantitative estimate of drug-likeness (QED) is 0.542. The first-order valence-electron chi connectivity index (χ1n) is 10.4. The number of fused-ring (bicyclic) bond motifs is 3. The number of amides is 2. The van der Waals surface area contributed by atoms with Gasteiger partial charge in [0.05, 0.1) is 23.6 Å². The van der Waals surface area contributed by atoms with Gasteiger partial charge >= 0.3 is 0 Å². The maximum absolute atomic E-state index is 13.5. The number of halogens is 1. The van der Waals surface area contributed by atoms with Crippen LogP contribution in [0.2, 0.25) is 5.02 Å². The SMILES string of the molecule is CC(=O)c1ccc(N2C(=O)[C@@H]3[C@H](C2=O)[C@H](C(=O)c2ccc(Cl)cc2)N2CCC[C@@H]32)cc1. The van der Waals surface area contributed by atoms with Crippen LogP contribution in [-0.4, -0.2) is 46.9 Å². The second-order valence-electron chi connectivity index (χ2n) is 8.43. The number of hydrogen-bond donors (Lipinski definition) is 0. The second-order valence-corrected chi connectivity index (χ2v) is 8.87. The molecule has 3 fully saturated rings. The summed E-state index contributed by atoms with van der Waals surface area (Å²) in [5.41, 5.74) is 1.45. The molecule has 3 saturated heterocycles. The van der Waals surface area contributed by atoms with E-state index in [-0.39, 0.29) is 29.4 Å². The maximum atomic E-state index is 13.5. The highest BCUT2D eigenvalue weighted by atomic mass is 35.5. The first kappa shape index (κ1) is 20.1. The van der Waals surface area contributed by atoms with Gasteiger partial charge in [-0.3, -0.25) is 24.1 Å². The molecule has 2 amide bonds. The molecule has 158 valence electrons. The van der Waals surface area contributed by atoms with E-state index in [2.05, 4.69) is 4.90 Å². The third-order valence-corrected chi connectivity index (χ3v) is 7.03. The Morgan fingerprint density at radius 3 is 2.16 bits per heavy atom. The molecule has 0 spiro atoms. The molecule has 0 unspecified atom stereocenters. The standard InChI is InChI=1S/C24H21ClN2O4/c1-13(28)14-6-10-17(11-7-14)27-23(30)19-18-3-2-12-26(18)21(20(19)24(27)31)22(29)15-4-8-16(25)9-5-15/h4-11,18-21H,2-3,12H2,1H3/t18-,19-,20-,21+/m0/s1. The Labute approximate surface area is 184 Å². The Kier molecular flexibility index (Phi) is 4.79.